The number of ether oxygens (including phenoxy) is 12. The first-order valence-corrected chi connectivity index (χ1v) is 36.9. The summed E-state index contributed by atoms with van der Waals surface area (Å²) in [6.45, 7) is 29.5. The van der Waals surface area contributed by atoms with Crippen molar-refractivity contribution in [3.05, 3.63) is 167 Å². The molecule has 15 nitrogen and oxygen atoms in total. The average molecular weight is 1280 g/mol. The summed E-state index contributed by atoms with van der Waals surface area (Å²) in [6, 6.07) is 42.6. The highest BCUT2D eigenvalue weighted by atomic mass is 28.4. The minimum atomic E-state index is -1.74. The van der Waals surface area contributed by atoms with Gasteiger partial charge in [-0.1, -0.05) is 103 Å². The first-order valence-electron chi connectivity index (χ1n) is 31.1. The molecule has 17 heteroatoms. The van der Waals surface area contributed by atoms with Crippen LogP contribution in [0.3, 0.4) is 0 Å². The summed E-state index contributed by atoms with van der Waals surface area (Å²) in [4.78, 5) is 0. The molecule has 0 saturated heterocycles. The molecule has 6 aromatic carbocycles. The molecule has 0 aliphatic carbocycles. The Hall–Kier alpha value is -7.01. The molecular formula is C74H96O15Si2. The van der Waals surface area contributed by atoms with Crippen LogP contribution in [-0.4, -0.2) is 104 Å². The molecule has 0 radical (unpaired) electrons. The quantitative estimate of drug-likeness (QED) is 0.0237. The SMILES string of the molecule is COCOc1ccc(C2(C)COc3cc(OCOC)ccc3C2(O)C#COc2ccc(CCCO[Si](C)(C)C(C)(C)C)cc2)cc1.COCOc1ccc(C2(C)COc3cc(OCOC)ccc3C2C#COc2ccc(CCCO[Si](C)(C)C(C)(C)C)cc2)cc1. The van der Waals surface area contributed by atoms with E-state index in [2.05, 4.69) is 123 Å². The molecule has 2 aliphatic heterocycles. The van der Waals surface area contributed by atoms with Crippen LogP contribution in [0.15, 0.2) is 133 Å². The molecular weight excluding hydrogens is 1180 g/mol. The Kier molecular flexibility index (Phi) is 25.1. The molecule has 6 aromatic rings. The van der Waals surface area contributed by atoms with Crippen molar-refractivity contribution >= 4 is 16.6 Å². The van der Waals surface area contributed by atoms with Crippen molar-refractivity contribution in [1.82, 2.24) is 0 Å². The monoisotopic (exact) mass is 1280 g/mol. The molecule has 91 heavy (non-hydrogen) atoms. The van der Waals surface area contributed by atoms with E-state index in [9.17, 15) is 5.11 Å². The van der Waals surface area contributed by atoms with Gasteiger partial charge in [0.05, 0.1) is 17.9 Å². The molecule has 0 saturated carbocycles. The Morgan fingerprint density at radius 1 is 0.495 bits per heavy atom. The van der Waals surface area contributed by atoms with Gasteiger partial charge in [-0.2, -0.15) is 0 Å². The summed E-state index contributed by atoms with van der Waals surface area (Å²) in [5, 5.41) is 12.9. The Bertz CT molecular complexity index is 3370. The van der Waals surface area contributed by atoms with Gasteiger partial charge in [0.1, 0.15) is 64.8 Å². The second kappa shape index (κ2) is 32.0. The van der Waals surface area contributed by atoms with E-state index in [-0.39, 0.29) is 49.8 Å². The van der Waals surface area contributed by atoms with E-state index in [4.69, 9.17) is 65.7 Å². The third-order valence-electron chi connectivity index (χ3n) is 17.9. The smallest absolute Gasteiger partial charge is 0.191 e. The lowest BCUT2D eigenvalue weighted by Gasteiger charge is -2.46. The van der Waals surface area contributed by atoms with E-state index >= 15 is 0 Å². The second-order valence-electron chi connectivity index (χ2n) is 26.5. The lowest BCUT2D eigenvalue weighted by atomic mass is 9.65. The van der Waals surface area contributed by atoms with Gasteiger partial charge in [-0.3, -0.25) is 0 Å². The van der Waals surface area contributed by atoms with Crippen molar-refractivity contribution in [2.24, 2.45) is 0 Å². The molecule has 4 atom stereocenters. The number of hydrogen-bond acceptors (Lipinski definition) is 15. The van der Waals surface area contributed by atoms with E-state index < -0.39 is 33.1 Å². The molecule has 8 rings (SSSR count). The van der Waals surface area contributed by atoms with Crippen molar-refractivity contribution in [1.29, 1.82) is 0 Å². The molecule has 2 aliphatic rings. The van der Waals surface area contributed by atoms with Crippen molar-refractivity contribution in [2.45, 2.75) is 140 Å². The third-order valence-corrected chi connectivity index (χ3v) is 27.0. The lowest BCUT2D eigenvalue weighted by molar-refractivity contribution is -0.0277. The van der Waals surface area contributed by atoms with Crippen LogP contribution >= 0.6 is 0 Å². The molecule has 0 spiro atoms. The van der Waals surface area contributed by atoms with E-state index in [0.717, 1.165) is 67.1 Å². The maximum Gasteiger partial charge on any atom is 0.191 e. The van der Waals surface area contributed by atoms with Gasteiger partial charge in [0.25, 0.3) is 0 Å². The van der Waals surface area contributed by atoms with Gasteiger partial charge >= 0.3 is 0 Å². The number of fused-ring (bicyclic) bond motifs is 2. The van der Waals surface area contributed by atoms with E-state index in [0.29, 0.717) is 46.7 Å². The molecule has 0 amide bonds. The van der Waals surface area contributed by atoms with Crippen LogP contribution in [0.4, 0.5) is 0 Å². The van der Waals surface area contributed by atoms with Crippen LogP contribution in [0.5, 0.6) is 46.0 Å². The highest BCUT2D eigenvalue weighted by Crippen LogP contribution is 2.51. The van der Waals surface area contributed by atoms with E-state index in [1.165, 1.54) is 11.1 Å². The van der Waals surface area contributed by atoms with Gasteiger partial charge in [-0.15, -0.1) is 0 Å². The van der Waals surface area contributed by atoms with Gasteiger partial charge < -0.3 is 70.8 Å². The van der Waals surface area contributed by atoms with Gasteiger partial charge in [0.2, 0.25) is 0 Å². The molecule has 0 fully saturated rings. The number of hydrogen-bond donors (Lipinski definition) is 1. The summed E-state index contributed by atoms with van der Waals surface area (Å²) in [5.41, 5.74) is 2.77. The largest absolute Gasteiger partial charge is 0.492 e. The highest BCUT2D eigenvalue weighted by molar-refractivity contribution is 6.74. The predicted molar refractivity (Wildman–Crippen MR) is 361 cm³/mol. The molecule has 0 bridgehead atoms. The van der Waals surface area contributed by atoms with Crippen molar-refractivity contribution in [3.63, 3.8) is 0 Å². The molecule has 1 N–H and O–H groups in total. The van der Waals surface area contributed by atoms with Crippen LogP contribution in [0.1, 0.15) is 108 Å². The topological polar surface area (TPSA) is 149 Å². The minimum Gasteiger partial charge on any atom is -0.492 e. The Morgan fingerprint density at radius 2 is 0.901 bits per heavy atom. The van der Waals surface area contributed by atoms with Crippen molar-refractivity contribution < 1.29 is 70.8 Å². The van der Waals surface area contributed by atoms with Gasteiger partial charge in [0, 0.05) is 70.3 Å². The van der Waals surface area contributed by atoms with Gasteiger partial charge in [0.15, 0.2) is 49.4 Å². The van der Waals surface area contributed by atoms with E-state index in [1.54, 1.807) is 46.6 Å². The Morgan fingerprint density at radius 3 is 1.37 bits per heavy atom. The number of aryl methyl sites for hydroxylation is 2. The summed E-state index contributed by atoms with van der Waals surface area (Å²) in [7, 11) is 2.86. The normalized spacial score (nSPS) is 18.6. The number of rotatable bonds is 26. The molecule has 2 heterocycles. The zero-order valence-corrected chi connectivity index (χ0v) is 58.4. The Balaban J connectivity index is 0.000000259. The fraction of sp³-hybridized carbons (Fsp3) is 0.459. The fourth-order valence-electron chi connectivity index (χ4n) is 9.99. The maximum absolute atomic E-state index is 12.5. The highest BCUT2D eigenvalue weighted by Gasteiger charge is 2.54. The standard InChI is InChI=1S/C37H48O8Si.C37H48O7Si/c1-35(2,3)46(7,8)45-22-9-10-28-11-15-30(16-12-28)41-23-21-37(38)33-20-19-32(44-27-40-6)24-34(33)42-25-36(37,4)29-13-17-31(18-14-29)43-26-39-5;1-36(2,3)45(7,8)44-22-9-10-28-11-15-30(16-12-28)40-23-21-34-33-20-19-32(43-27-39-6)24-35(33)41-25-37(34,4)29-13-17-31(18-14-29)42-26-38-5/h11-20,24,38H,9-10,22,25-27H2,1-8H3;11-20,24,34H,9-10,22,25-27H2,1-8H3. The zero-order chi connectivity index (χ0) is 65.9. The second-order valence-corrected chi connectivity index (χ2v) is 36.1. The van der Waals surface area contributed by atoms with Crippen LogP contribution < -0.4 is 37.9 Å². The van der Waals surface area contributed by atoms with Gasteiger partial charge in [-0.05, 0) is 170 Å². The molecule has 4 unspecified atom stereocenters. The first-order chi connectivity index (χ1) is 43.3. The van der Waals surface area contributed by atoms with Crippen LogP contribution in [-0.2, 0) is 57.1 Å². The fourth-order valence-corrected chi connectivity index (χ4v) is 12.2. The van der Waals surface area contributed by atoms with E-state index in [1.807, 2.05) is 97.9 Å². The zero-order valence-electron chi connectivity index (χ0n) is 56.4. The van der Waals surface area contributed by atoms with Gasteiger partial charge in [-0.25, -0.2) is 0 Å². The Labute approximate surface area is 543 Å². The number of aliphatic hydroxyl groups is 1. The molecule has 0 aromatic heterocycles. The maximum atomic E-state index is 12.5. The predicted octanol–water partition coefficient (Wildman–Crippen LogP) is 15.3. The summed E-state index contributed by atoms with van der Waals surface area (Å²) >= 11 is 0. The number of methoxy groups -OCH3 is 4. The first kappa shape index (κ1) is 71.4. The summed E-state index contributed by atoms with van der Waals surface area (Å²) in [5.74, 6) is 11.4. The van der Waals surface area contributed by atoms with Crippen molar-refractivity contribution in [3.8, 4) is 70.0 Å². The third kappa shape index (κ3) is 18.6. The molecule has 490 valence electrons. The average Bonchev–Trinajstić information content (AvgIpc) is 0.855. The van der Waals surface area contributed by atoms with Crippen LogP contribution in [0.2, 0.25) is 36.3 Å². The van der Waals surface area contributed by atoms with Crippen LogP contribution in [0, 0.1) is 24.1 Å². The number of benzene rings is 6. The minimum absolute atomic E-state index is 0.0927. The van der Waals surface area contributed by atoms with Crippen molar-refractivity contribution in [2.75, 3.05) is 82.0 Å². The lowest BCUT2D eigenvalue weighted by Crippen LogP contribution is -2.53. The van der Waals surface area contributed by atoms with Crippen LogP contribution in [0.25, 0.3) is 0 Å². The summed E-state index contributed by atoms with van der Waals surface area (Å²) < 4.78 is 79.6. The summed E-state index contributed by atoms with van der Waals surface area (Å²) in [6.07, 6.45) is 9.65.